The molecule has 0 saturated carbocycles. The first kappa shape index (κ1) is 12.9. The maximum absolute atomic E-state index is 12.2. The first-order chi connectivity index (χ1) is 9.78. The molecular formula is C16H16N2OS. The van der Waals surface area contributed by atoms with Crippen molar-refractivity contribution in [2.24, 2.45) is 0 Å². The van der Waals surface area contributed by atoms with Gasteiger partial charge in [0.15, 0.2) is 0 Å². The topological polar surface area (TPSA) is 44.9 Å². The highest BCUT2D eigenvalue weighted by atomic mass is 32.1. The van der Waals surface area contributed by atoms with E-state index in [1.54, 1.807) is 11.3 Å². The molecule has 0 atom stereocenters. The van der Waals surface area contributed by atoms with Crippen LogP contribution in [0.4, 0.5) is 0 Å². The summed E-state index contributed by atoms with van der Waals surface area (Å²) >= 11 is 1.69. The van der Waals surface area contributed by atoms with Crippen LogP contribution in [0.3, 0.4) is 0 Å². The molecule has 2 heterocycles. The van der Waals surface area contributed by atoms with Crippen LogP contribution in [-0.2, 0) is 13.0 Å². The standard InChI is InChI=1S/C16H16N2OS/c1-2-11-7-8-20-15(11)10-17-16(19)14-9-12-5-3-4-6-13(12)18-14/h3-9,18H,2,10H2,1H3,(H,17,19). The summed E-state index contributed by atoms with van der Waals surface area (Å²) in [5.41, 5.74) is 2.91. The van der Waals surface area contributed by atoms with E-state index in [0.717, 1.165) is 17.3 Å². The van der Waals surface area contributed by atoms with Crippen molar-refractivity contribution >= 4 is 28.1 Å². The molecule has 2 N–H and O–H groups in total. The molecule has 3 nitrogen and oxygen atoms in total. The van der Waals surface area contributed by atoms with Crippen molar-refractivity contribution in [3.8, 4) is 0 Å². The van der Waals surface area contributed by atoms with Gasteiger partial charge in [0, 0.05) is 15.8 Å². The molecule has 0 bridgehead atoms. The summed E-state index contributed by atoms with van der Waals surface area (Å²) in [6.45, 7) is 2.72. The Bertz CT molecular complexity index is 709. The highest BCUT2D eigenvalue weighted by molar-refractivity contribution is 7.10. The molecule has 0 unspecified atom stereocenters. The molecule has 0 saturated heterocycles. The van der Waals surface area contributed by atoms with Crippen LogP contribution in [0.5, 0.6) is 0 Å². The summed E-state index contributed by atoms with van der Waals surface area (Å²) in [5, 5.41) is 6.11. The summed E-state index contributed by atoms with van der Waals surface area (Å²) in [6.07, 6.45) is 1.00. The fraction of sp³-hybridized carbons (Fsp3) is 0.188. The molecule has 3 aromatic rings. The lowest BCUT2D eigenvalue weighted by atomic mass is 10.2. The van der Waals surface area contributed by atoms with Gasteiger partial charge in [0.1, 0.15) is 5.69 Å². The summed E-state index contributed by atoms with van der Waals surface area (Å²) in [5.74, 6) is -0.0587. The molecule has 0 aliphatic rings. The lowest BCUT2D eigenvalue weighted by Gasteiger charge is -2.04. The molecule has 0 spiro atoms. The molecule has 3 rings (SSSR count). The normalized spacial score (nSPS) is 10.8. The number of amides is 1. The van der Waals surface area contributed by atoms with Crippen molar-refractivity contribution in [1.29, 1.82) is 0 Å². The van der Waals surface area contributed by atoms with Crippen molar-refractivity contribution in [3.05, 3.63) is 57.9 Å². The van der Waals surface area contributed by atoms with E-state index in [1.807, 2.05) is 30.3 Å². The number of H-pyrrole nitrogens is 1. The highest BCUT2D eigenvalue weighted by Gasteiger charge is 2.10. The van der Waals surface area contributed by atoms with Crippen molar-refractivity contribution in [1.82, 2.24) is 10.3 Å². The Kier molecular flexibility index (Phi) is 3.56. The number of carbonyl (C=O) groups excluding carboxylic acids is 1. The number of fused-ring (bicyclic) bond motifs is 1. The van der Waals surface area contributed by atoms with Crippen LogP contribution in [0.25, 0.3) is 10.9 Å². The highest BCUT2D eigenvalue weighted by Crippen LogP contribution is 2.18. The molecule has 20 heavy (non-hydrogen) atoms. The fourth-order valence-electron chi connectivity index (χ4n) is 2.29. The SMILES string of the molecule is CCc1ccsc1CNC(=O)c1cc2ccccc2[nH]1. The van der Waals surface area contributed by atoms with E-state index in [0.29, 0.717) is 12.2 Å². The lowest BCUT2D eigenvalue weighted by molar-refractivity contribution is 0.0947. The minimum atomic E-state index is -0.0587. The smallest absolute Gasteiger partial charge is 0.268 e. The quantitative estimate of drug-likeness (QED) is 0.753. The fourth-order valence-corrected chi connectivity index (χ4v) is 3.20. The molecule has 4 heteroatoms. The zero-order valence-electron chi connectivity index (χ0n) is 11.3. The molecule has 1 amide bonds. The van der Waals surface area contributed by atoms with Crippen molar-refractivity contribution in [2.45, 2.75) is 19.9 Å². The Hall–Kier alpha value is -2.07. The first-order valence-corrected chi connectivity index (χ1v) is 7.57. The number of hydrogen-bond donors (Lipinski definition) is 2. The van der Waals surface area contributed by atoms with Gasteiger partial charge < -0.3 is 10.3 Å². The number of aryl methyl sites for hydroxylation is 1. The maximum Gasteiger partial charge on any atom is 0.268 e. The second-order valence-electron chi connectivity index (χ2n) is 4.68. The minimum Gasteiger partial charge on any atom is -0.351 e. The summed E-state index contributed by atoms with van der Waals surface area (Å²) in [4.78, 5) is 16.6. The number of benzene rings is 1. The number of para-hydroxylation sites is 1. The number of aromatic amines is 1. The summed E-state index contributed by atoms with van der Waals surface area (Å²) in [6, 6.07) is 11.9. The Labute approximate surface area is 121 Å². The number of carbonyl (C=O) groups is 1. The number of aromatic nitrogens is 1. The van der Waals surface area contributed by atoms with Gasteiger partial charge in [0.05, 0.1) is 6.54 Å². The number of nitrogens with one attached hydrogen (secondary N) is 2. The predicted molar refractivity (Wildman–Crippen MR) is 83.2 cm³/mol. The van der Waals surface area contributed by atoms with Crippen LogP contribution < -0.4 is 5.32 Å². The van der Waals surface area contributed by atoms with Gasteiger partial charge in [0.2, 0.25) is 0 Å². The van der Waals surface area contributed by atoms with E-state index >= 15 is 0 Å². The third-order valence-electron chi connectivity index (χ3n) is 3.40. The van der Waals surface area contributed by atoms with Gasteiger partial charge in [-0.2, -0.15) is 0 Å². The Morgan fingerprint density at radius 1 is 1.30 bits per heavy atom. The molecule has 1 aromatic carbocycles. The van der Waals surface area contributed by atoms with E-state index < -0.39 is 0 Å². The Morgan fingerprint density at radius 3 is 2.95 bits per heavy atom. The Morgan fingerprint density at radius 2 is 2.15 bits per heavy atom. The minimum absolute atomic E-state index is 0.0587. The largest absolute Gasteiger partial charge is 0.351 e. The van der Waals surface area contributed by atoms with Crippen molar-refractivity contribution < 1.29 is 4.79 Å². The van der Waals surface area contributed by atoms with Gasteiger partial charge in [-0.15, -0.1) is 11.3 Å². The summed E-state index contributed by atoms with van der Waals surface area (Å²) in [7, 11) is 0. The molecule has 0 radical (unpaired) electrons. The van der Waals surface area contributed by atoms with Gasteiger partial charge >= 0.3 is 0 Å². The average Bonchev–Trinajstić information content (AvgIpc) is 3.10. The third kappa shape index (κ3) is 2.47. The van der Waals surface area contributed by atoms with Crippen LogP contribution >= 0.6 is 11.3 Å². The molecule has 102 valence electrons. The first-order valence-electron chi connectivity index (χ1n) is 6.69. The van der Waals surface area contributed by atoms with Gasteiger partial charge in [-0.25, -0.2) is 0 Å². The second-order valence-corrected chi connectivity index (χ2v) is 5.68. The van der Waals surface area contributed by atoms with Crippen LogP contribution in [0, 0.1) is 0 Å². The van der Waals surface area contributed by atoms with Gasteiger partial charge in [-0.05, 0) is 35.6 Å². The maximum atomic E-state index is 12.2. The molecule has 2 aromatic heterocycles. The molecule has 0 aliphatic carbocycles. The van der Waals surface area contributed by atoms with E-state index in [9.17, 15) is 4.79 Å². The zero-order valence-corrected chi connectivity index (χ0v) is 12.1. The Balaban J connectivity index is 1.73. The monoisotopic (exact) mass is 284 g/mol. The molecule has 0 fully saturated rings. The molecule has 0 aliphatic heterocycles. The zero-order chi connectivity index (χ0) is 13.9. The lowest BCUT2D eigenvalue weighted by Crippen LogP contribution is -2.23. The van der Waals surface area contributed by atoms with E-state index in [4.69, 9.17) is 0 Å². The second kappa shape index (κ2) is 5.51. The van der Waals surface area contributed by atoms with Crippen LogP contribution in [-0.4, -0.2) is 10.9 Å². The number of rotatable bonds is 4. The van der Waals surface area contributed by atoms with Gasteiger partial charge in [-0.1, -0.05) is 25.1 Å². The van der Waals surface area contributed by atoms with Crippen LogP contribution in [0.1, 0.15) is 27.9 Å². The van der Waals surface area contributed by atoms with E-state index in [2.05, 4.69) is 28.7 Å². The van der Waals surface area contributed by atoms with Crippen molar-refractivity contribution in [3.63, 3.8) is 0 Å². The van der Waals surface area contributed by atoms with Gasteiger partial charge in [0.25, 0.3) is 5.91 Å². The van der Waals surface area contributed by atoms with Crippen LogP contribution in [0.2, 0.25) is 0 Å². The number of thiophene rings is 1. The van der Waals surface area contributed by atoms with Crippen molar-refractivity contribution in [2.75, 3.05) is 0 Å². The van der Waals surface area contributed by atoms with E-state index in [1.165, 1.54) is 10.4 Å². The third-order valence-corrected chi connectivity index (χ3v) is 4.37. The predicted octanol–water partition coefficient (Wildman–Crippen LogP) is 3.72. The van der Waals surface area contributed by atoms with Gasteiger partial charge in [-0.3, -0.25) is 4.79 Å². The van der Waals surface area contributed by atoms with Crippen LogP contribution in [0.15, 0.2) is 41.8 Å². The average molecular weight is 284 g/mol. The number of hydrogen-bond acceptors (Lipinski definition) is 2. The molecular weight excluding hydrogens is 268 g/mol. The summed E-state index contributed by atoms with van der Waals surface area (Å²) < 4.78 is 0. The van der Waals surface area contributed by atoms with E-state index in [-0.39, 0.29) is 5.91 Å².